The van der Waals surface area contributed by atoms with Crippen molar-refractivity contribution in [2.24, 2.45) is 0 Å². The van der Waals surface area contributed by atoms with E-state index >= 15 is 0 Å². The number of para-hydroxylation sites is 1. The third-order valence-corrected chi connectivity index (χ3v) is 3.41. The molecule has 17 heavy (non-hydrogen) atoms. The van der Waals surface area contributed by atoms with Gasteiger partial charge < -0.3 is 0 Å². The van der Waals surface area contributed by atoms with Crippen molar-refractivity contribution in [3.8, 4) is 5.69 Å². The summed E-state index contributed by atoms with van der Waals surface area (Å²) in [7, 11) is -3.60. The predicted molar refractivity (Wildman–Crippen MR) is 61.2 cm³/mol. The van der Waals surface area contributed by atoms with Crippen molar-refractivity contribution in [2.45, 2.75) is 12.1 Å². The fraction of sp³-hybridized carbons (Fsp3) is 0.100. The number of sulfone groups is 1. The van der Waals surface area contributed by atoms with E-state index in [9.17, 15) is 8.42 Å². The Morgan fingerprint density at radius 2 is 1.94 bits per heavy atom. The van der Waals surface area contributed by atoms with Crippen LogP contribution in [0.5, 0.6) is 0 Å². The van der Waals surface area contributed by atoms with Crippen LogP contribution in [0.3, 0.4) is 0 Å². The van der Waals surface area contributed by atoms with Crippen molar-refractivity contribution in [3.63, 3.8) is 0 Å². The molecule has 1 heterocycles. The molecule has 2 aromatic rings. The van der Waals surface area contributed by atoms with Crippen LogP contribution in [0.2, 0.25) is 0 Å². The van der Waals surface area contributed by atoms with Gasteiger partial charge in [0, 0.05) is 5.41 Å². The molecular formula is C10H10N4O2S. The largest absolute Gasteiger partial charge is 0.276 e. The average Bonchev–Trinajstić information content (AvgIpc) is 2.79. The molecule has 0 amide bonds. The summed E-state index contributed by atoms with van der Waals surface area (Å²) in [5.74, 6) is 0. The molecule has 0 saturated heterocycles. The quantitative estimate of drug-likeness (QED) is 0.811. The summed E-state index contributed by atoms with van der Waals surface area (Å²) in [6.07, 6.45) is 1.43. The molecule has 0 N–H and O–H groups in total. The Kier molecular flexibility index (Phi) is 3.01. The van der Waals surface area contributed by atoms with Crippen molar-refractivity contribution in [3.05, 3.63) is 41.8 Å². The first-order valence-corrected chi connectivity index (χ1v) is 6.41. The zero-order valence-corrected chi connectivity index (χ0v) is 9.87. The van der Waals surface area contributed by atoms with E-state index in [-0.39, 0.29) is 5.16 Å². The van der Waals surface area contributed by atoms with Crippen molar-refractivity contribution < 1.29 is 8.42 Å². The highest BCUT2D eigenvalue weighted by molar-refractivity contribution is 7.94. The standard InChI is InChI=1S/C10H10N4O2S/c1-2-8-17(15,16)10-11-12-13-14(10)9-6-4-3-5-7-9/h2-8H,1H3/b8-2+. The second-order valence-electron chi connectivity index (χ2n) is 3.22. The van der Waals surface area contributed by atoms with Crippen molar-refractivity contribution in [1.29, 1.82) is 0 Å². The molecule has 1 aromatic carbocycles. The predicted octanol–water partition coefficient (Wildman–Crippen LogP) is 0.970. The summed E-state index contributed by atoms with van der Waals surface area (Å²) in [5.41, 5.74) is 0.598. The summed E-state index contributed by atoms with van der Waals surface area (Å²) in [6.45, 7) is 1.62. The van der Waals surface area contributed by atoms with Gasteiger partial charge in [0.25, 0.3) is 5.16 Å². The van der Waals surface area contributed by atoms with Crippen LogP contribution < -0.4 is 0 Å². The van der Waals surface area contributed by atoms with Crippen molar-refractivity contribution in [2.75, 3.05) is 0 Å². The molecule has 0 saturated carbocycles. The van der Waals surface area contributed by atoms with Crippen LogP contribution >= 0.6 is 0 Å². The summed E-state index contributed by atoms with van der Waals surface area (Å²) >= 11 is 0. The highest BCUT2D eigenvalue weighted by Crippen LogP contribution is 2.13. The highest BCUT2D eigenvalue weighted by Gasteiger charge is 2.20. The van der Waals surface area contributed by atoms with Gasteiger partial charge in [0.1, 0.15) is 0 Å². The van der Waals surface area contributed by atoms with Crippen LogP contribution in [0.25, 0.3) is 5.69 Å². The second-order valence-corrected chi connectivity index (χ2v) is 4.95. The highest BCUT2D eigenvalue weighted by atomic mass is 32.2. The Balaban J connectivity index is 2.57. The van der Waals surface area contributed by atoms with Gasteiger partial charge in [-0.2, -0.15) is 4.68 Å². The van der Waals surface area contributed by atoms with Gasteiger partial charge in [0.15, 0.2) is 0 Å². The lowest BCUT2D eigenvalue weighted by Gasteiger charge is -2.02. The number of benzene rings is 1. The van der Waals surface area contributed by atoms with Gasteiger partial charge in [-0.3, -0.25) is 0 Å². The first-order chi connectivity index (χ1) is 8.15. The van der Waals surface area contributed by atoms with Gasteiger partial charge in [-0.25, -0.2) is 8.42 Å². The molecule has 0 fully saturated rings. The number of aromatic nitrogens is 4. The van der Waals surface area contributed by atoms with Crippen LogP contribution in [0.15, 0.2) is 47.0 Å². The van der Waals surface area contributed by atoms with Gasteiger partial charge in [-0.15, -0.1) is 0 Å². The first-order valence-electron chi connectivity index (χ1n) is 4.87. The summed E-state index contributed by atoms with van der Waals surface area (Å²) in [6, 6.07) is 8.84. The van der Waals surface area contributed by atoms with E-state index in [0.29, 0.717) is 5.69 Å². The smallest absolute Gasteiger partial charge is 0.216 e. The number of hydrogen-bond donors (Lipinski definition) is 0. The van der Waals surface area contributed by atoms with E-state index in [0.717, 1.165) is 5.41 Å². The fourth-order valence-electron chi connectivity index (χ4n) is 1.33. The Bertz CT molecular complexity index is 631. The lowest BCUT2D eigenvalue weighted by Crippen LogP contribution is -2.08. The van der Waals surface area contributed by atoms with E-state index in [4.69, 9.17) is 0 Å². The molecule has 0 unspecified atom stereocenters. The molecule has 2 rings (SSSR count). The molecular weight excluding hydrogens is 240 g/mol. The zero-order chi connectivity index (χ0) is 12.3. The maximum atomic E-state index is 11.8. The van der Waals surface area contributed by atoms with Crippen LogP contribution in [0.1, 0.15) is 6.92 Å². The monoisotopic (exact) mass is 250 g/mol. The minimum Gasteiger partial charge on any atom is -0.216 e. The van der Waals surface area contributed by atoms with Gasteiger partial charge in [-0.05, 0) is 29.5 Å². The van der Waals surface area contributed by atoms with Crippen LogP contribution in [0, 0.1) is 0 Å². The number of tetrazole rings is 1. The Labute approximate surface area is 98.5 Å². The van der Waals surface area contributed by atoms with Crippen molar-refractivity contribution in [1.82, 2.24) is 20.2 Å². The van der Waals surface area contributed by atoms with Crippen LogP contribution in [0.4, 0.5) is 0 Å². The van der Waals surface area contributed by atoms with E-state index in [1.807, 2.05) is 6.07 Å². The molecule has 88 valence electrons. The Hall–Kier alpha value is -2.02. The SMILES string of the molecule is C/C=C/S(=O)(=O)c1nnnn1-c1ccccc1. The van der Waals surface area contributed by atoms with Crippen molar-refractivity contribution >= 4 is 9.84 Å². The first kappa shape index (κ1) is 11.5. The molecule has 0 aliphatic heterocycles. The number of nitrogens with zero attached hydrogens (tertiary/aromatic N) is 4. The lowest BCUT2D eigenvalue weighted by atomic mass is 10.3. The van der Waals surface area contributed by atoms with Gasteiger partial charge >= 0.3 is 0 Å². The molecule has 0 spiro atoms. The van der Waals surface area contributed by atoms with E-state index < -0.39 is 9.84 Å². The molecule has 1 aromatic heterocycles. The number of allylic oxidation sites excluding steroid dienone is 1. The molecule has 0 aliphatic carbocycles. The molecule has 6 nitrogen and oxygen atoms in total. The maximum Gasteiger partial charge on any atom is 0.276 e. The molecule has 0 bridgehead atoms. The maximum absolute atomic E-state index is 11.8. The van der Waals surface area contributed by atoms with Gasteiger partial charge in [0.2, 0.25) is 9.84 Å². The number of hydrogen-bond acceptors (Lipinski definition) is 5. The topological polar surface area (TPSA) is 77.7 Å². The number of rotatable bonds is 3. The third-order valence-electron chi connectivity index (χ3n) is 2.01. The normalized spacial score (nSPS) is 12.1. The fourth-order valence-corrected chi connectivity index (χ4v) is 2.34. The summed E-state index contributed by atoms with van der Waals surface area (Å²) in [4.78, 5) is 0. The molecule has 7 heteroatoms. The lowest BCUT2D eigenvalue weighted by molar-refractivity contribution is 0.589. The Morgan fingerprint density at radius 3 is 2.59 bits per heavy atom. The Morgan fingerprint density at radius 1 is 1.24 bits per heavy atom. The minimum absolute atomic E-state index is 0.193. The summed E-state index contributed by atoms with van der Waals surface area (Å²) in [5, 5.41) is 11.5. The molecule has 0 aliphatic rings. The van der Waals surface area contributed by atoms with Crippen LogP contribution in [-0.2, 0) is 9.84 Å². The van der Waals surface area contributed by atoms with E-state index in [1.165, 1.54) is 10.8 Å². The van der Waals surface area contributed by atoms with Gasteiger partial charge in [-0.1, -0.05) is 29.4 Å². The van der Waals surface area contributed by atoms with E-state index in [1.54, 1.807) is 31.2 Å². The minimum atomic E-state index is -3.60. The zero-order valence-electron chi connectivity index (χ0n) is 9.06. The third kappa shape index (κ3) is 2.23. The summed E-state index contributed by atoms with van der Waals surface area (Å²) < 4.78 is 24.9. The average molecular weight is 250 g/mol. The van der Waals surface area contributed by atoms with Crippen LogP contribution in [-0.4, -0.2) is 28.6 Å². The molecule has 0 atom stereocenters. The second kappa shape index (κ2) is 4.46. The molecule has 0 radical (unpaired) electrons. The van der Waals surface area contributed by atoms with E-state index in [2.05, 4.69) is 15.5 Å². The van der Waals surface area contributed by atoms with Gasteiger partial charge in [0.05, 0.1) is 5.69 Å².